The summed E-state index contributed by atoms with van der Waals surface area (Å²) < 4.78 is 26.0. The zero-order valence-corrected chi connectivity index (χ0v) is 21.7. The summed E-state index contributed by atoms with van der Waals surface area (Å²) in [7, 11) is 0. The second-order valence-electron chi connectivity index (χ2n) is 6.81. The lowest BCUT2D eigenvalue weighted by Gasteiger charge is -2.14. The van der Waals surface area contributed by atoms with Crippen LogP contribution in [0, 0.1) is 9.39 Å². The molecule has 0 spiro atoms. The number of hydrogen-bond acceptors (Lipinski definition) is 5. The maximum absolute atomic E-state index is 13.0. The van der Waals surface area contributed by atoms with Crippen LogP contribution < -0.4 is 20.2 Å². The first kappa shape index (κ1) is 25.6. The molecule has 0 heterocycles. The van der Waals surface area contributed by atoms with Crippen molar-refractivity contribution >= 4 is 62.2 Å². The van der Waals surface area contributed by atoms with Gasteiger partial charge in [-0.2, -0.15) is 5.10 Å². The second kappa shape index (κ2) is 12.5. The van der Waals surface area contributed by atoms with Crippen molar-refractivity contribution in [2.45, 2.75) is 6.92 Å². The van der Waals surface area contributed by atoms with E-state index in [1.54, 1.807) is 36.4 Å². The number of hydrogen-bond donors (Lipinski definition) is 2. The molecule has 0 saturated carbocycles. The van der Waals surface area contributed by atoms with Gasteiger partial charge in [-0.05, 0) is 95.7 Å². The van der Waals surface area contributed by atoms with Gasteiger partial charge in [-0.15, -0.1) is 0 Å². The minimum Gasteiger partial charge on any atom is -0.490 e. The lowest BCUT2D eigenvalue weighted by atomic mass is 10.2. The normalized spacial score (nSPS) is 10.7. The van der Waals surface area contributed by atoms with Gasteiger partial charge in [-0.25, -0.2) is 9.82 Å². The minimum absolute atomic E-state index is 0.260. The summed E-state index contributed by atoms with van der Waals surface area (Å²) in [5.41, 5.74) is 4.10. The van der Waals surface area contributed by atoms with Gasteiger partial charge in [-0.3, -0.25) is 9.59 Å². The molecular weight excluding hydrogens is 620 g/mol. The number of halogens is 3. The number of ether oxygens (including phenoxy) is 2. The molecule has 0 aromatic heterocycles. The number of hydrazone groups is 1. The largest absolute Gasteiger partial charge is 0.490 e. The quantitative estimate of drug-likeness (QED) is 0.187. The van der Waals surface area contributed by atoms with E-state index in [0.717, 1.165) is 4.47 Å². The van der Waals surface area contributed by atoms with E-state index in [1.165, 1.54) is 30.5 Å². The van der Waals surface area contributed by atoms with Crippen molar-refractivity contribution in [3.63, 3.8) is 0 Å². The Kier molecular flexibility index (Phi) is 9.40. The van der Waals surface area contributed by atoms with Crippen molar-refractivity contribution < 1.29 is 23.5 Å². The van der Waals surface area contributed by atoms with Gasteiger partial charge in [0, 0.05) is 15.7 Å². The first-order chi connectivity index (χ1) is 16.4. The van der Waals surface area contributed by atoms with Crippen LogP contribution in [0.5, 0.6) is 11.5 Å². The van der Waals surface area contributed by atoms with E-state index < -0.39 is 5.91 Å². The number of carbonyl (C=O) groups excluding carboxylic acids is 2. The van der Waals surface area contributed by atoms with Gasteiger partial charge in [0.25, 0.3) is 11.8 Å². The number of nitrogens with zero attached hydrogens (tertiary/aromatic N) is 1. The van der Waals surface area contributed by atoms with Gasteiger partial charge >= 0.3 is 0 Å². The number of benzene rings is 3. The molecule has 2 amide bonds. The first-order valence-electron chi connectivity index (χ1n) is 10.1. The lowest BCUT2D eigenvalue weighted by molar-refractivity contribution is -0.118. The van der Waals surface area contributed by atoms with E-state index in [9.17, 15) is 14.0 Å². The Morgan fingerprint density at radius 2 is 1.79 bits per heavy atom. The Morgan fingerprint density at radius 3 is 2.47 bits per heavy atom. The summed E-state index contributed by atoms with van der Waals surface area (Å²) in [4.78, 5) is 24.4. The van der Waals surface area contributed by atoms with Crippen LogP contribution in [-0.4, -0.2) is 31.2 Å². The molecule has 0 unspecified atom stereocenters. The molecule has 0 atom stereocenters. The molecular formula is C24H20BrFIN3O4. The molecule has 3 rings (SSSR count). The summed E-state index contributed by atoms with van der Waals surface area (Å²) in [5, 5.41) is 6.65. The summed E-state index contributed by atoms with van der Waals surface area (Å²) in [6.45, 7) is 1.95. The van der Waals surface area contributed by atoms with Gasteiger partial charge in [0.1, 0.15) is 5.82 Å². The highest BCUT2D eigenvalue weighted by Crippen LogP contribution is 2.34. The Hall–Kier alpha value is -2.99. The lowest BCUT2D eigenvalue weighted by Crippen LogP contribution is -2.20. The fourth-order valence-electron chi connectivity index (χ4n) is 2.76. The minimum atomic E-state index is -0.397. The topological polar surface area (TPSA) is 89.0 Å². The van der Waals surface area contributed by atoms with E-state index >= 15 is 0 Å². The SMILES string of the molecule is CCOc1cc(/C=N/NC(=O)c2ccc(Br)cc2)cc(I)c1OCC(=O)Nc1ccc(F)cc1. The van der Waals surface area contributed by atoms with Crippen LogP contribution in [0.4, 0.5) is 10.1 Å². The van der Waals surface area contributed by atoms with Crippen molar-refractivity contribution in [1.82, 2.24) is 5.43 Å². The van der Waals surface area contributed by atoms with Crippen LogP contribution in [0.25, 0.3) is 0 Å². The predicted octanol–water partition coefficient (Wildman–Crippen LogP) is 5.37. The van der Waals surface area contributed by atoms with Crippen LogP contribution >= 0.6 is 38.5 Å². The van der Waals surface area contributed by atoms with Crippen molar-refractivity contribution in [3.8, 4) is 11.5 Å². The molecule has 3 aromatic rings. The molecule has 2 N–H and O–H groups in total. The number of amides is 2. The highest BCUT2D eigenvalue weighted by atomic mass is 127. The van der Waals surface area contributed by atoms with E-state index in [-0.39, 0.29) is 18.3 Å². The summed E-state index contributed by atoms with van der Waals surface area (Å²) >= 11 is 5.40. The zero-order chi connectivity index (χ0) is 24.5. The van der Waals surface area contributed by atoms with Gasteiger partial charge in [0.2, 0.25) is 0 Å². The molecule has 0 bridgehead atoms. The van der Waals surface area contributed by atoms with Crippen LogP contribution in [0.3, 0.4) is 0 Å². The fourth-order valence-corrected chi connectivity index (χ4v) is 3.81. The third-order valence-electron chi connectivity index (χ3n) is 4.29. The van der Waals surface area contributed by atoms with E-state index in [0.29, 0.717) is 38.5 Å². The number of carbonyl (C=O) groups is 2. The van der Waals surface area contributed by atoms with Crippen molar-refractivity contribution in [2.24, 2.45) is 5.10 Å². The van der Waals surface area contributed by atoms with Gasteiger partial charge in [0.15, 0.2) is 18.1 Å². The van der Waals surface area contributed by atoms with Crippen LogP contribution in [0.15, 0.2) is 70.2 Å². The summed E-state index contributed by atoms with van der Waals surface area (Å²) in [5.74, 6) is -0.277. The maximum atomic E-state index is 13.0. The Balaban J connectivity index is 1.65. The third-order valence-corrected chi connectivity index (χ3v) is 5.62. The molecule has 34 heavy (non-hydrogen) atoms. The molecule has 0 radical (unpaired) electrons. The molecule has 10 heteroatoms. The Bertz CT molecular complexity index is 1190. The molecule has 0 aliphatic carbocycles. The highest BCUT2D eigenvalue weighted by Gasteiger charge is 2.14. The van der Waals surface area contributed by atoms with E-state index in [2.05, 4.69) is 54.4 Å². The average Bonchev–Trinajstić information content (AvgIpc) is 2.80. The highest BCUT2D eigenvalue weighted by molar-refractivity contribution is 14.1. The predicted molar refractivity (Wildman–Crippen MR) is 140 cm³/mol. The zero-order valence-electron chi connectivity index (χ0n) is 18.0. The Labute approximate surface area is 218 Å². The van der Waals surface area contributed by atoms with Crippen LogP contribution in [-0.2, 0) is 4.79 Å². The molecule has 7 nitrogen and oxygen atoms in total. The van der Waals surface area contributed by atoms with Gasteiger partial charge < -0.3 is 14.8 Å². The van der Waals surface area contributed by atoms with Crippen molar-refractivity contribution in [1.29, 1.82) is 0 Å². The summed E-state index contributed by atoms with van der Waals surface area (Å²) in [6, 6.07) is 15.8. The number of rotatable bonds is 9. The smallest absolute Gasteiger partial charge is 0.271 e. The van der Waals surface area contributed by atoms with E-state index in [1.807, 2.05) is 6.92 Å². The second-order valence-corrected chi connectivity index (χ2v) is 8.89. The monoisotopic (exact) mass is 639 g/mol. The van der Waals surface area contributed by atoms with Gasteiger partial charge in [-0.1, -0.05) is 15.9 Å². The molecule has 0 fully saturated rings. The van der Waals surface area contributed by atoms with Crippen LogP contribution in [0.2, 0.25) is 0 Å². The molecule has 3 aromatic carbocycles. The van der Waals surface area contributed by atoms with Crippen molar-refractivity contribution in [3.05, 3.63) is 85.7 Å². The van der Waals surface area contributed by atoms with E-state index in [4.69, 9.17) is 9.47 Å². The first-order valence-corrected chi connectivity index (χ1v) is 12.0. The third kappa shape index (κ3) is 7.52. The van der Waals surface area contributed by atoms with Crippen molar-refractivity contribution in [2.75, 3.05) is 18.5 Å². The summed E-state index contributed by atoms with van der Waals surface area (Å²) in [6.07, 6.45) is 1.49. The Morgan fingerprint density at radius 1 is 1.09 bits per heavy atom. The molecule has 0 saturated heterocycles. The molecule has 176 valence electrons. The molecule has 0 aliphatic rings. The standard InChI is InChI=1S/C24H20BrFIN3O4/c1-2-33-21-12-15(13-28-30-24(32)16-3-5-17(25)6-4-16)11-20(27)23(21)34-14-22(31)29-19-9-7-18(26)8-10-19/h3-13H,2,14H2,1H3,(H,29,31)(H,30,32)/b28-13+. The van der Waals surface area contributed by atoms with Gasteiger partial charge in [0.05, 0.1) is 16.4 Å². The van der Waals surface area contributed by atoms with Crippen LogP contribution in [0.1, 0.15) is 22.8 Å². The maximum Gasteiger partial charge on any atom is 0.271 e. The fraction of sp³-hybridized carbons (Fsp3) is 0.125. The number of anilines is 1. The average molecular weight is 640 g/mol. The molecule has 0 aliphatic heterocycles. The number of nitrogens with one attached hydrogen (secondary N) is 2.